The number of carbonyl (C=O) groups excluding carboxylic acids is 1. The van der Waals surface area contributed by atoms with Gasteiger partial charge in [0.2, 0.25) is 5.91 Å². The van der Waals surface area contributed by atoms with Crippen LogP contribution in [0.25, 0.3) is 0 Å². The zero-order valence-electron chi connectivity index (χ0n) is 11.6. The molecular weight excluding hydrogens is 238 g/mol. The molecule has 1 aliphatic heterocycles. The molecule has 1 heterocycles. The van der Waals surface area contributed by atoms with Crippen LogP contribution in [-0.4, -0.2) is 37.0 Å². The van der Waals surface area contributed by atoms with Crippen molar-refractivity contribution in [3.63, 3.8) is 0 Å². The van der Waals surface area contributed by atoms with Gasteiger partial charge in [-0.1, -0.05) is 25.1 Å². The summed E-state index contributed by atoms with van der Waals surface area (Å²) in [5, 5.41) is 3.45. The molecule has 1 fully saturated rings. The number of hydrogen-bond acceptors (Lipinski definition) is 3. The molecule has 1 aromatic rings. The van der Waals surface area contributed by atoms with E-state index in [0.29, 0.717) is 12.1 Å². The molecule has 1 aromatic carbocycles. The molecule has 1 amide bonds. The maximum atomic E-state index is 11.3. The van der Waals surface area contributed by atoms with Gasteiger partial charge in [0.1, 0.15) is 0 Å². The molecule has 0 aliphatic carbocycles. The summed E-state index contributed by atoms with van der Waals surface area (Å²) in [6, 6.07) is 7.53. The summed E-state index contributed by atoms with van der Waals surface area (Å²) in [5.74, 6) is 0.371. The van der Waals surface area contributed by atoms with Crippen molar-refractivity contribution in [2.45, 2.75) is 19.9 Å². The third-order valence-electron chi connectivity index (χ3n) is 3.85. The van der Waals surface area contributed by atoms with Crippen LogP contribution in [0.3, 0.4) is 0 Å². The molecule has 0 spiro atoms. The van der Waals surface area contributed by atoms with Gasteiger partial charge in [-0.15, -0.1) is 0 Å². The number of nitrogens with two attached hydrogens (primary N) is 1. The predicted molar refractivity (Wildman–Crippen MR) is 76.9 cm³/mol. The minimum absolute atomic E-state index is 0.351. The Morgan fingerprint density at radius 1 is 1.47 bits per heavy atom. The molecule has 1 aliphatic rings. The van der Waals surface area contributed by atoms with E-state index in [1.165, 1.54) is 19.5 Å². The molecular formula is C15H23N3O. The molecule has 3 N–H and O–H groups in total. The van der Waals surface area contributed by atoms with Crippen molar-refractivity contribution < 1.29 is 4.79 Å². The highest BCUT2D eigenvalue weighted by Crippen LogP contribution is 2.15. The fourth-order valence-corrected chi connectivity index (χ4v) is 2.69. The van der Waals surface area contributed by atoms with E-state index in [0.717, 1.165) is 24.6 Å². The van der Waals surface area contributed by atoms with Crippen molar-refractivity contribution in [1.29, 1.82) is 0 Å². The van der Waals surface area contributed by atoms with Crippen molar-refractivity contribution in [2.24, 2.45) is 11.7 Å². The van der Waals surface area contributed by atoms with E-state index in [9.17, 15) is 4.79 Å². The smallest absolute Gasteiger partial charge is 0.249 e. The number of hydrogen-bond donors (Lipinski definition) is 2. The maximum Gasteiger partial charge on any atom is 0.249 e. The van der Waals surface area contributed by atoms with Gasteiger partial charge in [-0.25, -0.2) is 0 Å². The van der Waals surface area contributed by atoms with Crippen LogP contribution in [0, 0.1) is 5.92 Å². The Morgan fingerprint density at radius 3 is 2.95 bits per heavy atom. The Kier molecular flexibility index (Phi) is 4.93. The Morgan fingerprint density at radius 2 is 2.26 bits per heavy atom. The lowest BCUT2D eigenvalue weighted by Gasteiger charge is -2.14. The normalized spacial score (nSPS) is 19.7. The molecule has 1 atom stereocenters. The lowest BCUT2D eigenvalue weighted by molar-refractivity contribution is 0.0999. The second kappa shape index (κ2) is 6.68. The van der Waals surface area contributed by atoms with E-state index >= 15 is 0 Å². The molecule has 0 saturated carbocycles. The Hall–Kier alpha value is -1.39. The van der Waals surface area contributed by atoms with Gasteiger partial charge >= 0.3 is 0 Å². The first-order valence-corrected chi connectivity index (χ1v) is 7.01. The van der Waals surface area contributed by atoms with E-state index in [-0.39, 0.29) is 5.91 Å². The van der Waals surface area contributed by atoms with Gasteiger partial charge in [0.05, 0.1) is 0 Å². The van der Waals surface area contributed by atoms with Gasteiger partial charge in [0.15, 0.2) is 0 Å². The van der Waals surface area contributed by atoms with Crippen molar-refractivity contribution in [1.82, 2.24) is 10.2 Å². The summed E-state index contributed by atoms with van der Waals surface area (Å²) >= 11 is 0. The van der Waals surface area contributed by atoms with Crippen molar-refractivity contribution in [3.8, 4) is 0 Å². The first-order valence-electron chi connectivity index (χ1n) is 7.01. The monoisotopic (exact) mass is 261 g/mol. The quantitative estimate of drug-likeness (QED) is 0.809. The average molecular weight is 261 g/mol. The fraction of sp³-hybridized carbons (Fsp3) is 0.533. The summed E-state index contributed by atoms with van der Waals surface area (Å²) in [5.41, 5.74) is 6.98. The molecule has 4 heteroatoms. The van der Waals surface area contributed by atoms with Gasteiger partial charge in [-0.3, -0.25) is 4.79 Å². The summed E-state index contributed by atoms with van der Waals surface area (Å²) in [7, 11) is 0. The van der Waals surface area contributed by atoms with Crippen LogP contribution in [0.4, 0.5) is 0 Å². The summed E-state index contributed by atoms with van der Waals surface area (Å²) in [6.45, 7) is 7.45. The van der Waals surface area contributed by atoms with Gasteiger partial charge < -0.3 is 16.0 Å². The highest BCUT2D eigenvalue weighted by atomic mass is 16.1. The summed E-state index contributed by atoms with van der Waals surface area (Å²) in [6.07, 6.45) is 1.26. The van der Waals surface area contributed by atoms with E-state index in [2.05, 4.69) is 17.1 Å². The standard InChI is InChI=1S/C15H23N3O/c1-2-18-8-7-12(11-18)9-17-10-13-5-3-4-6-14(13)15(16)19/h3-6,12,17H,2,7-11H2,1H3,(H2,16,19). The molecule has 0 aromatic heterocycles. The molecule has 104 valence electrons. The zero-order chi connectivity index (χ0) is 13.7. The molecule has 1 saturated heterocycles. The molecule has 2 rings (SSSR count). The first kappa shape index (κ1) is 14.0. The van der Waals surface area contributed by atoms with Crippen molar-refractivity contribution in [3.05, 3.63) is 35.4 Å². The highest BCUT2D eigenvalue weighted by molar-refractivity contribution is 5.94. The number of benzene rings is 1. The third kappa shape index (κ3) is 3.78. The predicted octanol–water partition coefficient (Wildman–Crippen LogP) is 1.22. The number of nitrogens with zero attached hydrogens (tertiary/aromatic N) is 1. The van der Waals surface area contributed by atoms with Gasteiger partial charge in [0, 0.05) is 18.7 Å². The van der Waals surface area contributed by atoms with Gasteiger partial charge in [-0.05, 0) is 43.6 Å². The number of amides is 1. The summed E-state index contributed by atoms with van der Waals surface area (Å²) < 4.78 is 0. The van der Waals surface area contributed by atoms with E-state index in [4.69, 9.17) is 5.73 Å². The highest BCUT2D eigenvalue weighted by Gasteiger charge is 2.20. The largest absolute Gasteiger partial charge is 0.366 e. The zero-order valence-corrected chi connectivity index (χ0v) is 11.6. The van der Waals surface area contributed by atoms with Crippen LogP contribution in [-0.2, 0) is 6.54 Å². The van der Waals surface area contributed by atoms with Crippen LogP contribution < -0.4 is 11.1 Å². The minimum Gasteiger partial charge on any atom is -0.366 e. The maximum absolute atomic E-state index is 11.3. The van der Waals surface area contributed by atoms with Crippen molar-refractivity contribution >= 4 is 5.91 Å². The van der Waals surface area contributed by atoms with Crippen LogP contribution in [0.1, 0.15) is 29.3 Å². The Balaban J connectivity index is 1.82. The second-order valence-electron chi connectivity index (χ2n) is 5.20. The Labute approximate surface area is 115 Å². The molecule has 4 nitrogen and oxygen atoms in total. The number of carbonyl (C=O) groups is 1. The minimum atomic E-state index is -0.351. The van der Waals surface area contributed by atoms with Crippen LogP contribution in [0.2, 0.25) is 0 Å². The van der Waals surface area contributed by atoms with E-state index in [1.54, 1.807) is 6.07 Å². The number of nitrogens with one attached hydrogen (secondary N) is 1. The lowest BCUT2D eigenvalue weighted by Crippen LogP contribution is -2.27. The SMILES string of the molecule is CCN1CCC(CNCc2ccccc2C(N)=O)C1. The van der Waals surface area contributed by atoms with Gasteiger partial charge in [-0.2, -0.15) is 0 Å². The number of rotatable bonds is 6. The molecule has 0 bridgehead atoms. The van der Waals surface area contributed by atoms with Crippen LogP contribution in [0.15, 0.2) is 24.3 Å². The van der Waals surface area contributed by atoms with Gasteiger partial charge in [0.25, 0.3) is 0 Å². The van der Waals surface area contributed by atoms with E-state index in [1.807, 2.05) is 18.2 Å². The van der Waals surface area contributed by atoms with E-state index < -0.39 is 0 Å². The average Bonchev–Trinajstić information content (AvgIpc) is 2.87. The topological polar surface area (TPSA) is 58.4 Å². The number of primary amides is 1. The first-order chi connectivity index (χ1) is 9.20. The number of likely N-dealkylation sites (tertiary alicyclic amines) is 1. The Bertz CT molecular complexity index is 433. The van der Waals surface area contributed by atoms with Crippen molar-refractivity contribution in [2.75, 3.05) is 26.2 Å². The van der Waals surface area contributed by atoms with Crippen LogP contribution >= 0.6 is 0 Å². The molecule has 1 unspecified atom stereocenters. The summed E-state index contributed by atoms with van der Waals surface area (Å²) in [4.78, 5) is 13.8. The van der Waals surface area contributed by atoms with Crippen LogP contribution in [0.5, 0.6) is 0 Å². The lowest BCUT2D eigenvalue weighted by atomic mass is 10.1. The fourth-order valence-electron chi connectivity index (χ4n) is 2.69. The second-order valence-corrected chi connectivity index (χ2v) is 5.20. The molecule has 19 heavy (non-hydrogen) atoms. The third-order valence-corrected chi connectivity index (χ3v) is 3.85. The molecule has 0 radical (unpaired) electrons.